The van der Waals surface area contributed by atoms with Gasteiger partial charge in [0.2, 0.25) is 0 Å². The predicted octanol–water partition coefficient (Wildman–Crippen LogP) is 2.35. The molecule has 3 heterocycles. The van der Waals surface area contributed by atoms with Gasteiger partial charge in [-0.2, -0.15) is 15.0 Å². The van der Waals surface area contributed by atoms with E-state index in [1.807, 2.05) is 49.1 Å². The molecule has 1 aromatic carbocycles. The van der Waals surface area contributed by atoms with Gasteiger partial charge in [-0.05, 0) is 32.4 Å². The summed E-state index contributed by atoms with van der Waals surface area (Å²) in [4.78, 5) is 31.8. The van der Waals surface area contributed by atoms with Gasteiger partial charge in [-0.25, -0.2) is 15.0 Å². The number of para-hydroxylation sites is 1. The molecule has 2 aromatic heterocycles. The SMILES string of the molecule is CCC1CN(C(=O)c2ccccc2-n2nccn2)CCN(c2cc(C)nc(C)n2)O1. The lowest BCUT2D eigenvalue weighted by Crippen LogP contribution is -2.37. The molecule has 1 fully saturated rings. The van der Waals surface area contributed by atoms with Crippen molar-refractivity contribution in [3.63, 3.8) is 0 Å². The molecule has 0 saturated carbocycles. The monoisotopic (exact) mass is 407 g/mol. The molecule has 1 unspecified atom stereocenters. The summed E-state index contributed by atoms with van der Waals surface area (Å²) < 4.78 is 0. The first-order valence-electron chi connectivity index (χ1n) is 10.1. The minimum absolute atomic E-state index is 0.0677. The van der Waals surface area contributed by atoms with Crippen molar-refractivity contribution in [3.8, 4) is 5.69 Å². The van der Waals surface area contributed by atoms with Crippen molar-refractivity contribution < 1.29 is 9.63 Å². The molecular weight excluding hydrogens is 382 g/mol. The molecule has 1 amide bonds. The van der Waals surface area contributed by atoms with Crippen LogP contribution < -0.4 is 5.06 Å². The Kier molecular flexibility index (Phi) is 5.71. The van der Waals surface area contributed by atoms with Crippen molar-refractivity contribution >= 4 is 11.7 Å². The summed E-state index contributed by atoms with van der Waals surface area (Å²) in [7, 11) is 0. The highest BCUT2D eigenvalue weighted by atomic mass is 16.7. The number of anilines is 1. The van der Waals surface area contributed by atoms with Crippen LogP contribution in [-0.2, 0) is 4.84 Å². The van der Waals surface area contributed by atoms with Crippen molar-refractivity contribution in [1.29, 1.82) is 0 Å². The number of carbonyl (C=O) groups excluding carboxylic acids is 1. The third-order valence-corrected chi connectivity index (χ3v) is 4.99. The van der Waals surface area contributed by atoms with E-state index in [-0.39, 0.29) is 12.0 Å². The van der Waals surface area contributed by atoms with E-state index in [2.05, 4.69) is 27.1 Å². The number of amides is 1. The first-order chi connectivity index (χ1) is 14.5. The Morgan fingerprint density at radius 2 is 1.90 bits per heavy atom. The number of hydroxylamine groups is 1. The van der Waals surface area contributed by atoms with Gasteiger partial charge in [0.05, 0.1) is 30.2 Å². The van der Waals surface area contributed by atoms with Gasteiger partial charge in [-0.3, -0.25) is 9.63 Å². The number of nitrogens with zero attached hydrogens (tertiary/aromatic N) is 7. The number of rotatable bonds is 4. The second kappa shape index (κ2) is 8.58. The van der Waals surface area contributed by atoms with Gasteiger partial charge in [-0.1, -0.05) is 19.1 Å². The van der Waals surface area contributed by atoms with Gasteiger partial charge in [0, 0.05) is 24.8 Å². The molecule has 0 spiro atoms. The molecule has 0 bridgehead atoms. The molecule has 9 heteroatoms. The Morgan fingerprint density at radius 1 is 1.13 bits per heavy atom. The minimum atomic E-state index is -0.137. The van der Waals surface area contributed by atoms with E-state index in [4.69, 9.17) is 4.84 Å². The summed E-state index contributed by atoms with van der Waals surface area (Å²) >= 11 is 0. The van der Waals surface area contributed by atoms with Crippen molar-refractivity contribution in [2.45, 2.75) is 33.3 Å². The zero-order chi connectivity index (χ0) is 21.1. The molecular formula is C21H25N7O2. The van der Waals surface area contributed by atoms with E-state index >= 15 is 0 Å². The average Bonchev–Trinajstić information content (AvgIpc) is 3.19. The van der Waals surface area contributed by atoms with Gasteiger partial charge in [-0.15, -0.1) is 0 Å². The Balaban J connectivity index is 1.59. The van der Waals surface area contributed by atoms with E-state index in [1.165, 1.54) is 4.80 Å². The lowest BCUT2D eigenvalue weighted by molar-refractivity contribution is 0.0299. The first kappa shape index (κ1) is 20.0. The maximum absolute atomic E-state index is 13.4. The standard InChI is InChI=1S/C21H25N7O2/c1-4-17-14-26(11-12-27(30-17)20-13-15(2)24-16(3)25-20)21(29)18-7-5-6-8-19(18)28-22-9-10-23-28/h5-10,13,17H,4,11-12,14H2,1-3H3. The molecule has 1 aliphatic rings. The Labute approximate surface area is 175 Å². The van der Waals surface area contributed by atoms with Crippen molar-refractivity contribution in [1.82, 2.24) is 29.9 Å². The number of hydrogen-bond donors (Lipinski definition) is 0. The van der Waals surface area contributed by atoms with E-state index < -0.39 is 0 Å². The zero-order valence-electron chi connectivity index (χ0n) is 17.4. The summed E-state index contributed by atoms with van der Waals surface area (Å²) in [6.07, 6.45) is 3.82. The number of benzene rings is 1. The van der Waals surface area contributed by atoms with Crippen LogP contribution in [0.1, 0.15) is 35.2 Å². The van der Waals surface area contributed by atoms with Crippen molar-refractivity contribution in [2.75, 3.05) is 24.7 Å². The first-order valence-corrected chi connectivity index (χ1v) is 10.1. The molecule has 0 N–H and O–H groups in total. The summed E-state index contributed by atoms with van der Waals surface area (Å²) in [5.74, 6) is 1.34. The smallest absolute Gasteiger partial charge is 0.256 e. The van der Waals surface area contributed by atoms with Crippen LogP contribution in [0.15, 0.2) is 42.7 Å². The predicted molar refractivity (Wildman–Crippen MR) is 111 cm³/mol. The van der Waals surface area contributed by atoms with Crippen LogP contribution in [0.3, 0.4) is 0 Å². The molecule has 1 aliphatic heterocycles. The highest BCUT2D eigenvalue weighted by Crippen LogP contribution is 2.21. The molecule has 4 rings (SSSR count). The van der Waals surface area contributed by atoms with Gasteiger partial charge in [0.25, 0.3) is 5.91 Å². The fourth-order valence-electron chi connectivity index (χ4n) is 3.54. The van der Waals surface area contributed by atoms with Gasteiger partial charge >= 0.3 is 0 Å². The van der Waals surface area contributed by atoms with Crippen molar-refractivity contribution in [2.24, 2.45) is 0 Å². The molecule has 9 nitrogen and oxygen atoms in total. The molecule has 30 heavy (non-hydrogen) atoms. The van der Waals surface area contributed by atoms with Crippen LogP contribution in [0, 0.1) is 13.8 Å². The van der Waals surface area contributed by atoms with Crippen molar-refractivity contribution in [3.05, 3.63) is 59.8 Å². The molecule has 3 aromatic rings. The van der Waals surface area contributed by atoms with Crippen LogP contribution in [-0.4, -0.2) is 61.5 Å². The summed E-state index contributed by atoms with van der Waals surface area (Å²) in [5.41, 5.74) is 2.10. The second-order valence-corrected chi connectivity index (χ2v) is 7.24. The van der Waals surface area contributed by atoms with Gasteiger partial charge < -0.3 is 4.90 Å². The van der Waals surface area contributed by atoms with Crippen LogP contribution in [0.5, 0.6) is 0 Å². The van der Waals surface area contributed by atoms with Gasteiger partial charge in [0.15, 0.2) is 5.82 Å². The normalized spacial score (nSPS) is 17.1. The minimum Gasteiger partial charge on any atom is -0.334 e. The van der Waals surface area contributed by atoms with E-state index in [1.54, 1.807) is 17.5 Å². The Morgan fingerprint density at radius 3 is 2.63 bits per heavy atom. The average molecular weight is 407 g/mol. The van der Waals surface area contributed by atoms with Crippen LogP contribution in [0.25, 0.3) is 5.69 Å². The van der Waals surface area contributed by atoms with Crippen LogP contribution >= 0.6 is 0 Å². The summed E-state index contributed by atoms with van der Waals surface area (Å²) in [5, 5.41) is 10.1. The summed E-state index contributed by atoms with van der Waals surface area (Å²) in [6.45, 7) is 7.37. The molecule has 1 saturated heterocycles. The van der Waals surface area contributed by atoms with E-state index in [9.17, 15) is 4.79 Å². The van der Waals surface area contributed by atoms with E-state index in [0.29, 0.717) is 42.5 Å². The van der Waals surface area contributed by atoms with E-state index in [0.717, 1.165) is 12.1 Å². The number of aromatic nitrogens is 5. The molecule has 1 atom stereocenters. The van der Waals surface area contributed by atoms with Gasteiger partial charge in [0.1, 0.15) is 11.9 Å². The number of aryl methyl sites for hydroxylation is 2. The fraction of sp³-hybridized carbons (Fsp3) is 0.381. The molecule has 0 radical (unpaired) electrons. The maximum Gasteiger partial charge on any atom is 0.256 e. The third-order valence-electron chi connectivity index (χ3n) is 4.99. The lowest BCUT2D eigenvalue weighted by Gasteiger charge is -2.24. The number of carbonyl (C=O) groups is 1. The lowest BCUT2D eigenvalue weighted by atomic mass is 10.1. The fourth-order valence-corrected chi connectivity index (χ4v) is 3.54. The Bertz CT molecular complexity index is 1000. The summed E-state index contributed by atoms with van der Waals surface area (Å²) in [6, 6.07) is 9.28. The van der Waals surface area contributed by atoms with Crippen LogP contribution in [0.2, 0.25) is 0 Å². The second-order valence-electron chi connectivity index (χ2n) is 7.24. The molecule has 0 aliphatic carbocycles. The third kappa shape index (κ3) is 4.16. The zero-order valence-corrected chi connectivity index (χ0v) is 17.4. The quantitative estimate of drug-likeness (QED) is 0.656. The highest BCUT2D eigenvalue weighted by Gasteiger charge is 2.28. The topological polar surface area (TPSA) is 89.3 Å². The maximum atomic E-state index is 13.4. The largest absolute Gasteiger partial charge is 0.334 e. The Hall–Kier alpha value is -3.33. The number of hydrogen-bond acceptors (Lipinski definition) is 7. The van der Waals surface area contributed by atoms with Crippen LogP contribution in [0.4, 0.5) is 5.82 Å². The highest BCUT2D eigenvalue weighted by molar-refractivity contribution is 5.97. The molecule has 156 valence electrons.